The molecule has 426 valence electrons. The van der Waals surface area contributed by atoms with Crippen LogP contribution in [0.15, 0.2) is 175 Å². The second-order valence-electron chi connectivity index (χ2n) is 16.8. The van der Waals surface area contributed by atoms with Crippen molar-refractivity contribution in [1.29, 1.82) is 0 Å². The first-order valence-corrected chi connectivity index (χ1v) is 27.0. The predicted octanol–water partition coefficient (Wildman–Crippen LogP) is 10.8. The van der Waals surface area contributed by atoms with Gasteiger partial charge in [-0.25, -0.2) is 9.59 Å². The van der Waals surface area contributed by atoms with Crippen LogP contribution in [0.4, 0.5) is 11.4 Å². The molecule has 6 aromatic rings. The van der Waals surface area contributed by atoms with Crippen LogP contribution in [-0.4, -0.2) is 110 Å². The average Bonchev–Trinajstić information content (AvgIpc) is 3.56. The zero-order valence-corrected chi connectivity index (χ0v) is 45.9. The lowest BCUT2D eigenvalue weighted by Crippen LogP contribution is -2.21. The van der Waals surface area contributed by atoms with E-state index in [-0.39, 0.29) is 109 Å². The third-order valence-corrected chi connectivity index (χ3v) is 13.1. The Morgan fingerprint density at radius 2 is 0.793 bits per heavy atom. The molecule has 0 bridgehead atoms. The van der Waals surface area contributed by atoms with Crippen molar-refractivity contribution in [2.45, 2.75) is 59.1 Å². The number of ether oxygens (including phenoxy) is 6. The van der Waals surface area contributed by atoms with E-state index >= 15 is 0 Å². The van der Waals surface area contributed by atoms with Gasteiger partial charge < -0.3 is 38.1 Å². The molecule has 24 heteroatoms. The normalized spacial score (nSPS) is 11.2. The van der Waals surface area contributed by atoms with E-state index in [0.717, 1.165) is 0 Å². The monoisotopic (exact) mass is 1160 g/mol. The Bertz CT molecular complexity index is 3030. The maximum atomic E-state index is 14.4. The molecular formula is C58H54N4O18S2. The van der Waals surface area contributed by atoms with Crippen LogP contribution in [0.2, 0.25) is 0 Å². The lowest BCUT2D eigenvalue weighted by molar-refractivity contribution is -0.385. The fourth-order valence-electron chi connectivity index (χ4n) is 6.96. The molecule has 82 heavy (non-hydrogen) atoms. The number of nitro groups is 2. The van der Waals surface area contributed by atoms with Gasteiger partial charge in [-0.15, -0.1) is 0 Å². The van der Waals surface area contributed by atoms with Crippen LogP contribution in [0.5, 0.6) is 11.5 Å². The molecule has 0 radical (unpaired) electrons. The third-order valence-electron chi connectivity index (χ3n) is 11.1. The topological polar surface area (TPSA) is 287 Å². The Labute approximate surface area is 478 Å². The summed E-state index contributed by atoms with van der Waals surface area (Å²) in [4.78, 5) is 115. The number of Topliss-reactive ketones (excluding diaryl/α,β-unsaturated/α-hetero) is 2. The zero-order valence-electron chi connectivity index (χ0n) is 44.3. The first-order valence-electron chi connectivity index (χ1n) is 25.3. The van der Waals surface area contributed by atoms with E-state index in [9.17, 15) is 49.0 Å². The molecule has 0 fully saturated rings. The van der Waals surface area contributed by atoms with Crippen LogP contribution in [0.1, 0.15) is 81.0 Å². The van der Waals surface area contributed by atoms with Gasteiger partial charge in [0.2, 0.25) is 11.6 Å². The first kappa shape index (κ1) is 62.1. The number of non-ortho nitro benzene ring substituents is 2. The smallest absolute Gasteiger partial charge is 0.365 e. The summed E-state index contributed by atoms with van der Waals surface area (Å²) < 4.78 is 32.0. The Morgan fingerprint density at radius 3 is 1.13 bits per heavy atom. The van der Waals surface area contributed by atoms with E-state index in [2.05, 4.69) is 10.3 Å². The second-order valence-corrected chi connectivity index (χ2v) is 19.1. The maximum Gasteiger partial charge on any atom is 0.365 e. The van der Waals surface area contributed by atoms with E-state index < -0.39 is 58.1 Å². The largest absolute Gasteiger partial charge is 0.490 e. The highest BCUT2D eigenvalue weighted by Gasteiger charge is 2.23. The van der Waals surface area contributed by atoms with Crippen molar-refractivity contribution in [1.82, 2.24) is 0 Å². The molecule has 6 aromatic carbocycles. The molecule has 0 aliphatic rings. The van der Waals surface area contributed by atoms with Gasteiger partial charge in [0.25, 0.3) is 11.4 Å². The Kier molecular flexibility index (Phi) is 24.9. The van der Waals surface area contributed by atoms with Crippen LogP contribution in [0.25, 0.3) is 0 Å². The molecule has 0 aliphatic carbocycles. The second kappa shape index (κ2) is 32.8. The minimum atomic E-state index is -0.997. The van der Waals surface area contributed by atoms with Gasteiger partial charge in [0.1, 0.15) is 49.3 Å². The van der Waals surface area contributed by atoms with Crippen molar-refractivity contribution in [3.63, 3.8) is 0 Å². The molecular weight excluding hydrogens is 1100 g/mol. The van der Waals surface area contributed by atoms with E-state index in [1.165, 1.54) is 108 Å². The van der Waals surface area contributed by atoms with Crippen LogP contribution in [0.3, 0.4) is 0 Å². The molecule has 0 aromatic heterocycles. The quantitative estimate of drug-likeness (QED) is 0.00703. The van der Waals surface area contributed by atoms with E-state index in [0.29, 0.717) is 32.8 Å². The standard InChI is InChI=1S/C58H54N4O18S2/c1-3-73-31-29-53(63)77-35-33-75-45-9-5-7-41(37-45)57(67)79-59-51(55(65)39-11-19-47(20-12-39)81-49-23-15-43(16-24-49)61(69)70)27-28-52(56(66)40-13-21-48(22-14-40)82-50-25-17-44(18-26-50)62(71)72)60-80-58(68)42-8-6-10-46(38-42)76-34-36-78-54(64)30-32-74-4-2/h5-26,37-38H,3-4,27-36H2,1-2H3/b59-51+,60-52+. The third kappa shape index (κ3) is 20.5. The fourth-order valence-corrected chi connectivity index (χ4v) is 8.60. The number of nitrogens with zero attached hydrogens (tertiary/aromatic N) is 4. The Morgan fingerprint density at radius 1 is 0.439 bits per heavy atom. The number of nitro benzene ring substituents is 2. The summed E-state index contributed by atoms with van der Waals surface area (Å²) in [6.45, 7) is 4.73. The van der Waals surface area contributed by atoms with Crippen molar-refractivity contribution in [2.75, 3.05) is 52.9 Å². The van der Waals surface area contributed by atoms with Gasteiger partial charge in [0, 0.05) is 81.0 Å². The molecule has 0 aliphatic heterocycles. The van der Waals surface area contributed by atoms with Crippen LogP contribution >= 0.6 is 23.5 Å². The Balaban J connectivity index is 1.24. The van der Waals surface area contributed by atoms with Gasteiger partial charge in [-0.3, -0.25) is 39.4 Å². The summed E-state index contributed by atoms with van der Waals surface area (Å²) in [7, 11) is 0. The van der Waals surface area contributed by atoms with E-state index in [1.807, 2.05) is 0 Å². The number of hydrogen-bond acceptors (Lipinski definition) is 22. The molecule has 0 heterocycles. The highest BCUT2D eigenvalue weighted by Crippen LogP contribution is 2.31. The van der Waals surface area contributed by atoms with Crippen molar-refractivity contribution in [2.24, 2.45) is 10.3 Å². The summed E-state index contributed by atoms with van der Waals surface area (Å²) in [5, 5.41) is 30.4. The summed E-state index contributed by atoms with van der Waals surface area (Å²) in [5.74, 6) is -3.92. The van der Waals surface area contributed by atoms with Crippen molar-refractivity contribution in [3.8, 4) is 11.5 Å². The molecule has 0 unspecified atom stereocenters. The minimum absolute atomic E-state index is 0.0276. The molecule has 0 saturated heterocycles. The number of benzene rings is 6. The van der Waals surface area contributed by atoms with Gasteiger partial charge in [0.15, 0.2) is 0 Å². The van der Waals surface area contributed by atoms with Gasteiger partial charge in [-0.2, -0.15) is 0 Å². The molecule has 0 amide bonds. The molecule has 6 rings (SSSR count). The number of carbonyl (C=O) groups is 6. The number of rotatable bonds is 33. The summed E-state index contributed by atoms with van der Waals surface area (Å²) in [6.07, 6.45) is -0.677. The molecule has 0 saturated carbocycles. The van der Waals surface area contributed by atoms with E-state index in [1.54, 1.807) is 74.5 Å². The highest BCUT2D eigenvalue weighted by molar-refractivity contribution is 7.99. The van der Waals surface area contributed by atoms with Gasteiger partial charge >= 0.3 is 23.9 Å². The van der Waals surface area contributed by atoms with Gasteiger partial charge in [0.05, 0.1) is 47.0 Å². The highest BCUT2D eigenvalue weighted by atomic mass is 32.2. The van der Waals surface area contributed by atoms with Crippen molar-refractivity contribution >= 4 is 81.8 Å². The number of esters is 2. The first-order chi connectivity index (χ1) is 39.7. The number of hydrogen-bond donors (Lipinski definition) is 0. The van der Waals surface area contributed by atoms with Gasteiger partial charge in [-0.05, 0) is 123 Å². The predicted molar refractivity (Wildman–Crippen MR) is 299 cm³/mol. The zero-order chi connectivity index (χ0) is 58.6. The molecule has 0 N–H and O–H groups in total. The van der Waals surface area contributed by atoms with Gasteiger partial charge in [-0.1, -0.05) is 46.0 Å². The Hall–Kier alpha value is -9.10. The van der Waals surface area contributed by atoms with E-state index in [4.69, 9.17) is 38.1 Å². The average molecular weight is 1160 g/mol. The lowest BCUT2D eigenvalue weighted by atomic mass is 9.98. The minimum Gasteiger partial charge on any atom is -0.490 e. The number of carbonyl (C=O) groups excluding carboxylic acids is 6. The van der Waals surface area contributed by atoms with Crippen LogP contribution < -0.4 is 9.47 Å². The lowest BCUT2D eigenvalue weighted by Gasteiger charge is -2.10. The van der Waals surface area contributed by atoms with Crippen LogP contribution in [0, 0.1) is 20.2 Å². The number of oxime groups is 2. The van der Waals surface area contributed by atoms with Crippen molar-refractivity contribution in [3.05, 3.63) is 188 Å². The summed E-state index contributed by atoms with van der Waals surface area (Å²) >= 11 is 2.55. The van der Waals surface area contributed by atoms with Crippen molar-refractivity contribution < 1.29 is 76.7 Å². The summed E-state index contributed by atoms with van der Waals surface area (Å²) in [5.41, 5.74) is -0.732. The molecule has 22 nitrogen and oxygen atoms in total. The number of ketones is 2. The maximum absolute atomic E-state index is 14.4. The summed E-state index contributed by atoms with van der Waals surface area (Å²) in [6, 6.07) is 36.0. The molecule has 0 spiro atoms. The SMILES string of the molecule is CCOCCC(=O)OCCOc1cccc(C(=O)O/N=C(\CC/C(=N\OC(=O)c2cccc(OCCOC(=O)CCOCC)c2)C(=O)c2ccc(Sc3ccc([N+](=O)[O-])cc3)cc2)C(=O)c2ccc(Sc3ccc([N+](=O)[O-])cc3)cc2)c1. The molecule has 0 atom stereocenters. The van der Waals surface area contributed by atoms with Crippen LogP contribution in [-0.2, 0) is 38.2 Å². The fraction of sp³-hybridized carbons (Fsp3) is 0.241.